The predicted molar refractivity (Wildman–Crippen MR) is 64.4 cm³/mol. The largest absolute Gasteiger partial charge is 0.423 e. The van der Waals surface area contributed by atoms with Gasteiger partial charge in [0.1, 0.15) is 16.3 Å². The lowest BCUT2D eigenvalue weighted by molar-refractivity contribution is 0.110. The van der Waals surface area contributed by atoms with Crippen molar-refractivity contribution >= 4 is 10.5 Å². The third kappa shape index (κ3) is 4.58. The number of benzene rings is 1. The first-order valence-corrected chi connectivity index (χ1v) is 6.15. The van der Waals surface area contributed by atoms with Gasteiger partial charge in [0.25, 0.3) is 0 Å². The lowest BCUT2D eigenvalue weighted by Crippen LogP contribution is -2.22. The van der Waals surface area contributed by atoms with Crippen molar-refractivity contribution in [1.29, 1.82) is 0 Å². The van der Waals surface area contributed by atoms with E-state index < -0.39 is 0 Å². The molecule has 15 heavy (non-hydrogen) atoms. The van der Waals surface area contributed by atoms with Gasteiger partial charge in [-0.1, -0.05) is 12.1 Å². The molecule has 0 amide bonds. The summed E-state index contributed by atoms with van der Waals surface area (Å²) >= 11 is 0. The van der Waals surface area contributed by atoms with Crippen LogP contribution in [0.1, 0.15) is 32.3 Å². The average molecular weight is 226 g/mol. The molecule has 3 heteroatoms. The zero-order valence-corrected chi connectivity index (χ0v) is 11.7. The van der Waals surface area contributed by atoms with Gasteiger partial charge in [0.15, 0.2) is 0 Å². The summed E-state index contributed by atoms with van der Waals surface area (Å²) in [6.07, 6.45) is 3.13. The van der Waals surface area contributed by atoms with Gasteiger partial charge in [-0.3, -0.25) is 0 Å². The lowest BCUT2D eigenvalue weighted by atomic mass is 9.99. The molecule has 0 unspecified atom stereocenters. The normalized spacial score (nSPS) is 11.9. The smallest absolute Gasteiger partial charge is 0.146 e. The Morgan fingerprint density at radius 1 is 1.27 bits per heavy atom. The van der Waals surface area contributed by atoms with Crippen LogP contribution in [-0.2, 0) is 10.8 Å². The number of halogens is 1. The first-order chi connectivity index (χ1) is 7.03. The molecule has 0 aliphatic carbocycles. The molecular formula is C12H19FOSi. The molecule has 0 saturated carbocycles. The fraction of sp³-hybridized carbons (Fsp3) is 0.500. The average Bonchev–Trinajstić information content (AvgIpc) is 2.21. The van der Waals surface area contributed by atoms with E-state index in [-0.39, 0.29) is 11.4 Å². The van der Waals surface area contributed by atoms with Crippen molar-refractivity contribution in [2.45, 2.75) is 38.7 Å². The summed E-state index contributed by atoms with van der Waals surface area (Å²) in [6.45, 7) is 4.23. The zero-order chi connectivity index (χ0) is 11.3. The van der Waals surface area contributed by atoms with Gasteiger partial charge in [-0.2, -0.15) is 0 Å². The van der Waals surface area contributed by atoms with Crippen LogP contribution in [-0.4, -0.2) is 16.1 Å². The minimum absolute atomic E-state index is 0.00620. The van der Waals surface area contributed by atoms with E-state index in [0.717, 1.165) is 29.7 Å². The summed E-state index contributed by atoms with van der Waals surface area (Å²) in [5.74, 6) is -0.165. The van der Waals surface area contributed by atoms with Crippen LogP contribution in [0, 0.1) is 5.82 Å². The first kappa shape index (κ1) is 12.4. The van der Waals surface area contributed by atoms with Gasteiger partial charge in [-0.25, -0.2) is 4.39 Å². The van der Waals surface area contributed by atoms with E-state index in [0.29, 0.717) is 0 Å². The van der Waals surface area contributed by atoms with Crippen molar-refractivity contribution in [2.75, 3.05) is 0 Å². The van der Waals surface area contributed by atoms with Gasteiger partial charge in [-0.15, -0.1) is 0 Å². The summed E-state index contributed by atoms with van der Waals surface area (Å²) in [7, 11) is 0.783. The summed E-state index contributed by atoms with van der Waals surface area (Å²) in [4.78, 5) is 0. The van der Waals surface area contributed by atoms with Crippen molar-refractivity contribution in [3.8, 4) is 0 Å². The van der Waals surface area contributed by atoms with Crippen LogP contribution in [0.2, 0.25) is 0 Å². The maximum atomic E-state index is 12.6. The summed E-state index contributed by atoms with van der Waals surface area (Å²) in [6, 6.07) is 6.74. The van der Waals surface area contributed by atoms with Crippen molar-refractivity contribution in [2.24, 2.45) is 0 Å². The monoisotopic (exact) mass is 226 g/mol. The van der Waals surface area contributed by atoms with Gasteiger partial charge in [0.05, 0.1) is 0 Å². The number of hydrogen-bond acceptors (Lipinski definition) is 1. The maximum absolute atomic E-state index is 12.6. The van der Waals surface area contributed by atoms with E-state index in [1.54, 1.807) is 0 Å². The maximum Gasteiger partial charge on any atom is 0.146 e. The molecule has 0 spiro atoms. The van der Waals surface area contributed by atoms with Gasteiger partial charge in [-0.05, 0) is 50.8 Å². The van der Waals surface area contributed by atoms with Crippen molar-refractivity contribution < 1.29 is 8.82 Å². The van der Waals surface area contributed by atoms with Gasteiger partial charge >= 0.3 is 0 Å². The molecule has 1 nitrogen and oxygen atoms in total. The molecule has 0 heterocycles. The third-order valence-electron chi connectivity index (χ3n) is 2.71. The van der Waals surface area contributed by atoms with E-state index in [1.165, 1.54) is 17.7 Å². The molecule has 0 aromatic heterocycles. The fourth-order valence-corrected chi connectivity index (χ4v) is 1.68. The standard InChI is InChI=1S/C12H19FOSi/c1-12(2,14-15)9-3-4-10-5-7-11(13)8-6-10/h5-8H,3-4,9H2,1-2,15H3. The minimum Gasteiger partial charge on any atom is -0.423 e. The van der Waals surface area contributed by atoms with Crippen LogP contribution < -0.4 is 0 Å². The Morgan fingerprint density at radius 3 is 2.40 bits per heavy atom. The molecule has 0 N–H and O–H groups in total. The molecule has 1 rings (SSSR count). The van der Waals surface area contributed by atoms with Crippen molar-refractivity contribution in [3.05, 3.63) is 35.6 Å². The predicted octanol–water partition coefficient (Wildman–Crippen LogP) is 2.22. The number of rotatable bonds is 5. The van der Waals surface area contributed by atoms with Crippen LogP contribution in [0.25, 0.3) is 0 Å². The fourth-order valence-electron chi connectivity index (χ4n) is 1.47. The summed E-state index contributed by atoms with van der Waals surface area (Å²) in [5.41, 5.74) is 1.20. The highest BCUT2D eigenvalue weighted by atomic mass is 28.2. The Hall–Kier alpha value is -0.673. The van der Waals surface area contributed by atoms with Crippen LogP contribution in [0.5, 0.6) is 0 Å². The van der Waals surface area contributed by atoms with E-state index in [4.69, 9.17) is 4.43 Å². The second-order valence-electron chi connectivity index (χ2n) is 4.44. The van der Waals surface area contributed by atoms with Crippen molar-refractivity contribution in [3.63, 3.8) is 0 Å². The van der Waals surface area contributed by atoms with Crippen molar-refractivity contribution in [1.82, 2.24) is 0 Å². The molecule has 0 atom stereocenters. The Bertz CT molecular complexity index is 295. The van der Waals surface area contributed by atoms with E-state index >= 15 is 0 Å². The molecule has 0 aliphatic heterocycles. The molecule has 0 bridgehead atoms. The third-order valence-corrected chi connectivity index (χ3v) is 3.82. The Morgan fingerprint density at radius 2 is 1.87 bits per heavy atom. The highest BCUT2D eigenvalue weighted by Crippen LogP contribution is 2.17. The Labute approximate surface area is 94.2 Å². The van der Waals surface area contributed by atoms with Crippen LogP contribution in [0.15, 0.2) is 24.3 Å². The van der Waals surface area contributed by atoms with Crippen LogP contribution in [0.4, 0.5) is 4.39 Å². The molecule has 0 radical (unpaired) electrons. The number of aryl methyl sites for hydroxylation is 1. The lowest BCUT2D eigenvalue weighted by Gasteiger charge is -2.23. The number of hydrogen-bond donors (Lipinski definition) is 0. The molecule has 0 aliphatic rings. The zero-order valence-electron chi connectivity index (χ0n) is 9.72. The summed E-state index contributed by atoms with van der Waals surface area (Å²) in [5, 5.41) is 0. The topological polar surface area (TPSA) is 9.23 Å². The van der Waals surface area contributed by atoms with Gasteiger partial charge in [0, 0.05) is 5.60 Å². The minimum atomic E-state index is -0.165. The van der Waals surface area contributed by atoms with Gasteiger partial charge < -0.3 is 4.43 Å². The molecule has 84 valence electrons. The van der Waals surface area contributed by atoms with E-state index in [9.17, 15) is 4.39 Å². The quantitative estimate of drug-likeness (QED) is 0.700. The molecular weight excluding hydrogens is 207 g/mol. The van der Waals surface area contributed by atoms with Crippen LogP contribution in [0.3, 0.4) is 0 Å². The first-order valence-electron chi connectivity index (χ1n) is 5.33. The highest BCUT2D eigenvalue weighted by molar-refractivity contribution is 5.98. The SMILES string of the molecule is CC(C)(CCCc1ccc(F)cc1)O[SiH3]. The molecule has 0 saturated heterocycles. The van der Waals surface area contributed by atoms with Gasteiger partial charge in [0.2, 0.25) is 0 Å². The Balaban J connectivity index is 2.35. The molecule has 1 aromatic carbocycles. The molecule has 1 aromatic rings. The van der Waals surface area contributed by atoms with E-state index in [2.05, 4.69) is 13.8 Å². The molecule has 0 fully saturated rings. The highest BCUT2D eigenvalue weighted by Gasteiger charge is 2.14. The second kappa shape index (κ2) is 5.42. The van der Waals surface area contributed by atoms with E-state index in [1.807, 2.05) is 12.1 Å². The van der Waals surface area contributed by atoms with Crippen LogP contribution >= 0.6 is 0 Å². The summed E-state index contributed by atoms with van der Waals surface area (Å²) < 4.78 is 18.1. The Kier molecular flexibility index (Phi) is 4.48. The second-order valence-corrected chi connectivity index (χ2v) is 4.85.